The molecule has 2 atom stereocenters. The fourth-order valence-corrected chi connectivity index (χ4v) is 3.31. The van der Waals surface area contributed by atoms with Crippen LogP contribution in [0, 0.1) is 12.8 Å². The standard InChI is InChI=1S/C17H20O3/c1-11-7-8-15-12(9-11)10-16(20-15)13-5-3-2-4-6-14(13)17(18)19/h7-10,13-14H,2-6H2,1H3,(H,18,19). The first-order valence-corrected chi connectivity index (χ1v) is 7.38. The molecule has 2 aromatic rings. The summed E-state index contributed by atoms with van der Waals surface area (Å²) < 4.78 is 5.94. The van der Waals surface area contributed by atoms with Crippen molar-refractivity contribution in [2.24, 2.45) is 5.92 Å². The Labute approximate surface area is 118 Å². The summed E-state index contributed by atoms with van der Waals surface area (Å²) in [6.07, 6.45) is 4.89. The Morgan fingerprint density at radius 1 is 1.20 bits per heavy atom. The fraction of sp³-hybridized carbons (Fsp3) is 0.471. The Bertz CT molecular complexity index is 626. The minimum Gasteiger partial charge on any atom is -0.481 e. The summed E-state index contributed by atoms with van der Waals surface area (Å²) >= 11 is 0. The summed E-state index contributed by atoms with van der Waals surface area (Å²) in [4.78, 5) is 11.5. The van der Waals surface area contributed by atoms with Crippen molar-refractivity contribution < 1.29 is 14.3 Å². The van der Waals surface area contributed by atoms with Crippen LogP contribution in [0.25, 0.3) is 11.0 Å². The number of aryl methyl sites for hydroxylation is 1. The highest BCUT2D eigenvalue weighted by Gasteiger charge is 2.32. The zero-order valence-electron chi connectivity index (χ0n) is 11.8. The molecule has 1 fully saturated rings. The van der Waals surface area contributed by atoms with Crippen LogP contribution in [0.4, 0.5) is 0 Å². The van der Waals surface area contributed by atoms with Crippen LogP contribution >= 0.6 is 0 Å². The Morgan fingerprint density at radius 2 is 2.00 bits per heavy atom. The molecule has 0 bridgehead atoms. The number of carboxylic acid groups (broad SMARTS) is 1. The van der Waals surface area contributed by atoms with E-state index in [-0.39, 0.29) is 11.8 Å². The molecule has 1 N–H and O–H groups in total. The highest BCUT2D eigenvalue weighted by atomic mass is 16.4. The molecule has 1 aliphatic carbocycles. The first-order chi connectivity index (χ1) is 9.65. The molecule has 1 aromatic heterocycles. The van der Waals surface area contributed by atoms with Crippen LogP contribution in [-0.4, -0.2) is 11.1 Å². The van der Waals surface area contributed by atoms with E-state index in [1.54, 1.807) is 0 Å². The molecular weight excluding hydrogens is 252 g/mol. The highest BCUT2D eigenvalue weighted by molar-refractivity contribution is 5.79. The molecule has 0 aliphatic heterocycles. The van der Waals surface area contributed by atoms with Gasteiger partial charge in [0.25, 0.3) is 0 Å². The molecule has 1 heterocycles. The molecule has 20 heavy (non-hydrogen) atoms. The maximum atomic E-state index is 11.5. The second kappa shape index (κ2) is 5.31. The van der Waals surface area contributed by atoms with Gasteiger partial charge in [-0.05, 0) is 38.0 Å². The van der Waals surface area contributed by atoms with E-state index < -0.39 is 5.97 Å². The van der Waals surface area contributed by atoms with E-state index in [1.807, 2.05) is 18.2 Å². The van der Waals surface area contributed by atoms with Crippen LogP contribution in [0.2, 0.25) is 0 Å². The monoisotopic (exact) mass is 272 g/mol. The number of carboxylic acids is 1. The molecule has 3 heteroatoms. The predicted octanol–water partition coefficient (Wildman–Crippen LogP) is 4.49. The Morgan fingerprint density at radius 3 is 2.80 bits per heavy atom. The van der Waals surface area contributed by atoms with E-state index in [2.05, 4.69) is 13.0 Å². The number of rotatable bonds is 2. The van der Waals surface area contributed by atoms with E-state index in [1.165, 1.54) is 5.56 Å². The van der Waals surface area contributed by atoms with Crippen LogP contribution in [0.1, 0.15) is 49.3 Å². The van der Waals surface area contributed by atoms with E-state index >= 15 is 0 Å². The van der Waals surface area contributed by atoms with E-state index in [4.69, 9.17) is 4.42 Å². The average molecular weight is 272 g/mol. The molecule has 3 rings (SSSR count). The second-order valence-corrected chi connectivity index (χ2v) is 5.88. The van der Waals surface area contributed by atoms with Crippen LogP contribution in [0.5, 0.6) is 0 Å². The predicted molar refractivity (Wildman–Crippen MR) is 77.9 cm³/mol. The average Bonchev–Trinajstić information content (AvgIpc) is 2.66. The van der Waals surface area contributed by atoms with Crippen molar-refractivity contribution in [3.63, 3.8) is 0 Å². The van der Waals surface area contributed by atoms with Gasteiger partial charge >= 0.3 is 5.97 Å². The normalized spacial score (nSPS) is 23.6. The zero-order valence-corrected chi connectivity index (χ0v) is 11.8. The van der Waals surface area contributed by atoms with Gasteiger partial charge in [0.1, 0.15) is 11.3 Å². The molecule has 1 aliphatic rings. The minimum absolute atomic E-state index is 0.0164. The van der Waals surface area contributed by atoms with Gasteiger partial charge in [0.05, 0.1) is 5.92 Å². The van der Waals surface area contributed by atoms with Crippen molar-refractivity contribution in [2.45, 2.75) is 44.9 Å². The summed E-state index contributed by atoms with van der Waals surface area (Å²) in [7, 11) is 0. The lowest BCUT2D eigenvalue weighted by Gasteiger charge is -2.19. The van der Waals surface area contributed by atoms with E-state index in [0.717, 1.165) is 48.8 Å². The zero-order chi connectivity index (χ0) is 14.1. The van der Waals surface area contributed by atoms with Crippen LogP contribution < -0.4 is 0 Å². The first-order valence-electron chi connectivity index (χ1n) is 7.38. The third-order valence-corrected chi connectivity index (χ3v) is 4.39. The number of aliphatic carboxylic acids is 1. The lowest BCUT2D eigenvalue weighted by molar-refractivity contribution is -0.143. The summed E-state index contributed by atoms with van der Waals surface area (Å²) in [5, 5.41) is 10.5. The number of furan rings is 1. The van der Waals surface area contributed by atoms with Gasteiger partial charge in [0, 0.05) is 11.3 Å². The van der Waals surface area contributed by atoms with Crippen LogP contribution in [-0.2, 0) is 4.79 Å². The molecule has 106 valence electrons. The summed E-state index contributed by atoms with van der Waals surface area (Å²) in [5.74, 6) is -0.129. The molecule has 1 aromatic carbocycles. The molecule has 2 unspecified atom stereocenters. The number of hydrogen-bond acceptors (Lipinski definition) is 2. The summed E-state index contributed by atoms with van der Waals surface area (Å²) in [6, 6.07) is 8.13. The second-order valence-electron chi connectivity index (χ2n) is 5.88. The Kier molecular flexibility index (Phi) is 3.51. The van der Waals surface area contributed by atoms with Crippen molar-refractivity contribution in [1.82, 2.24) is 0 Å². The van der Waals surface area contributed by atoms with Gasteiger partial charge in [-0.2, -0.15) is 0 Å². The third-order valence-electron chi connectivity index (χ3n) is 4.39. The molecule has 0 radical (unpaired) electrons. The van der Waals surface area contributed by atoms with Crippen molar-refractivity contribution in [3.8, 4) is 0 Å². The minimum atomic E-state index is -0.687. The molecular formula is C17H20O3. The number of hydrogen-bond donors (Lipinski definition) is 1. The molecule has 0 spiro atoms. The Hall–Kier alpha value is -1.77. The van der Waals surface area contributed by atoms with Crippen LogP contribution in [0.3, 0.4) is 0 Å². The van der Waals surface area contributed by atoms with E-state index in [0.29, 0.717) is 0 Å². The lowest BCUT2D eigenvalue weighted by atomic mass is 9.86. The maximum absolute atomic E-state index is 11.5. The Balaban J connectivity index is 2.00. The van der Waals surface area contributed by atoms with Gasteiger partial charge in [0.2, 0.25) is 0 Å². The quantitative estimate of drug-likeness (QED) is 0.819. The largest absolute Gasteiger partial charge is 0.481 e. The molecule has 3 nitrogen and oxygen atoms in total. The maximum Gasteiger partial charge on any atom is 0.307 e. The van der Waals surface area contributed by atoms with Crippen molar-refractivity contribution >= 4 is 16.9 Å². The molecule has 0 saturated heterocycles. The van der Waals surface area contributed by atoms with Crippen molar-refractivity contribution in [2.75, 3.05) is 0 Å². The van der Waals surface area contributed by atoms with E-state index in [9.17, 15) is 9.90 Å². The van der Waals surface area contributed by atoms with Crippen molar-refractivity contribution in [1.29, 1.82) is 0 Å². The van der Waals surface area contributed by atoms with Gasteiger partial charge in [-0.1, -0.05) is 30.9 Å². The SMILES string of the molecule is Cc1ccc2oc(C3CCCCCC3C(=O)O)cc2c1. The third kappa shape index (κ3) is 2.45. The highest BCUT2D eigenvalue weighted by Crippen LogP contribution is 2.39. The van der Waals surface area contributed by atoms with Gasteiger partial charge in [-0.3, -0.25) is 4.79 Å². The number of benzene rings is 1. The lowest BCUT2D eigenvalue weighted by Crippen LogP contribution is -2.20. The fourth-order valence-electron chi connectivity index (χ4n) is 3.31. The van der Waals surface area contributed by atoms with Crippen molar-refractivity contribution in [3.05, 3.63) is 35.6 Å². The number of fused-ring (bicyclic) bond motifs is 1. The molecule has 0 amide bonds. The topological polar surface area (TPSA) is 50.4 Å². The van der Waals surface area contributed by atoms with Crippen LogP contribution in [0.15, 0.2) is 28.7 Å². The summed E-state index contributed by atoms with van der Waals surface area (Å²) in [5.41, 5.74) is 2.06. The summed E-state index contributed by atoms with van der Waals surface area (Å²) in [6.45, 7) is 2.05. The van der Waals surface area contributed by atoms with Gasteiger partial charge in [-0.15, -0.1) is 0 Å². The first kappa shape index (κ1) is 13.2. The smallest absolute Gasteiger partial charge is 0.307 e. The van der Waals surface area contributed by atoms with Gasteiger partial charge in [-0.25, -0.2) is 0 Å². The van der Waals surface area contributed by atoms with Gasteiger partial charge in [0.15, 0.2) is 0 Å². The van der Waals surface area contributed by atoms with Gasteiger partial charge < -0.3 is 9.52 Å². The number of carbonyl (C=O) groups is 1. The molecule has 1 saturated carbocycles.